The predicted octanol–water partition coefficient (Wildman–Crippen LogP) is 0.745. The van der Waals surface area contributed by atoms with Gasteiger partial charge in [-0.1, -0.05) is 0 Å². The fraction of sp³-hybridized carbons (Fsp3) is 0.0714. The van der Waals surface area contributed by atoms with Crippen LogP contribution in [-0.2, 0) is 0 Å². The lowest BCUT2D eigenvalue weighted by molar-refractivity contribution is -0.394. The Bertz CT molecular complexity index is 1300. The van der Waals surface area contributed by atoms with E-state index in [1.54, 1.807) is 0 Å². The number of nitrogens with one attached hydrogen (secondary N) is 1. The summed E-state index contributed by atoms with van der Waals surface area (Å²) in [5.41, 5.74) is -3.94. The zero-order valence-corrected chi connectivity index (χ0v) is 14.3. The average Bonchev–Trinajstić information content (AvgIpc) is 3.03. The minimum Gasteiger partial charge on any atom is -0.358 e. The van der Waals surface area contributed by atoms with Crippen molar-refractivity contribution in [1.82, 2.24) is 19.1 Å². The summed E-state index contributed by atoms with van der Waals surface area (Å²) >= 11 is 0. The maximum atomic E-state index is 12.2. The molecule has 0 radical (unpaired) electrons. The lowest BCUT2D eigenvalue weighted by Crippen LogP contribution is -2.31. The Kier molecular flexibility index (Phi) is 4.47. The molecule has 0 aliphatic rings. The first-order chi connectivity index (χ1) is 13.6. The zero-order chi connectivity index (χ0) is 21.5. The molecule has 1 N–H and O–H groups in total. The van der Waals surface area contributed by atoms with Crippen molar-refractivity contribution in [2.45, 2.75) is 6.92 Å². The molecule has 0 fully saturated rings. The molecule has 29 heavy (non-hydrogen) atoms. The highest BCUT2D eigenvalue weighted by Gasteiger charge is 2.24. The van der Waals surface area contributed by atoms with Crippen LogP contribution in [0.1, 0.15) is 5.82 Å². The molecule has 2 heterocycles. The van der Waals surface area contributed by atoms with Crippen LogP contribution in [0.5, 0.6) is 0 Å². The number of imidazole rings is 1. The summed E-state index contributed by atoms with van der Waals surface area (Å²) in [5.74, 6) is -0.508. The van der Waals surface area contributed by atoms with Crippen LogP contribution >= 0.6 is 0 Å². The Morgan fingerprint density at radius 1 is 0.931 bits per heavy atom. The van der Waals surface area contributed by atoms with Crippen molar-refractivity contribution in [3.05, 3.63) is 87.6 Å². The number of hydrogen-bond acceptors (Lipinski definition) is 9. The molecule has 3 rings (SSSR count). The average molecular weight is 403 g/mol. The molecule has 0 unspecified atom stereocenters. The van der Waals surface area contributed by atoms with Gasteiger partial charge in [0.05, 0.1) is 15.9 Å². The van der Waals surface area contributed by atoms with Crippen molar-refractivity contribution in [2.24, 2.45) is 0 Å². The van der Waals surface area contributed by atoms with Crippen LogP contribution in [0.2, 0.25) is 0 Å². The predicted molar refractivity (Wildman–Crippen MR) is 94.5 cm³/mol. The van der Waals surface area contributed by atoms with Gasteiger partial charge in [-0.05, 0) is 16.0 Å². The van der Waals surface area contributed by atoms with Gasteiger partial charge in [0.1, 0.15) is 17.6 Å². The number of nitro benzene ring substituents is 2. The van der Waals surface area contributed by atoms with Crippen LogP contribution in [-0.4, -0.2) is 33.9 Å². The van der Waals surface area contributed by atoms with E-state index in [0.717, 1.165) is 29.1 Å². The van der Waals surface area contributed by atoms with Crippen molar-refractivity contribution in [3.63, 3.8) is 0 Å². The van der Waals surface area contributed by atoms with E-state index in [-0.39, 0.29) is 17.2 Å². The molecular weight excluding hydrogens is 394 g/mol. The summed E-state index contributed by atoms with van der Waals surface area (Å²) in [6.45, 7) is 1.37. The Morgan fingerprint density at radius 3 is 2.17 bits per heavy atom. The van der Waals surface area contributed by atoms with Crippen LogP contribution in [0.25, 0.3) is 11.4 Å². The van der Waals surface area contributed by atoms with E-state index in [0.29, 0.717) is 10.6 Å². The molecule has 2 aromatic heterocycles. The van der Waals surface area contributed by atoms with Crippen LogP contribution in [0, 0.1) is 37.3 Å². The van der Waals surface area contributed by atoms with Crippen LogP contribution in [0.4, 0.5) is 17.2 Å². The summed E-state index contributed by atoms with van der Waals surface area (Å²) in [4.78, 5) is 60.6. The summed E-state index contributed by atoms with van der Waals surface area (Å²) in [7, 11) is 0. The third kappa shape index (κ3) is 3.34. The molecule has 0 aliphatic carbocycles. The Morgan fingerprint density at radius 2 is 1.62 bits per heavy atom. The van der Waals surface area contributed by atoms with Crippen LogP contribution in [0.15, 0.2) is 40.2 Å². The quantitative estimate of drug-likeness (QED) is 0.470. The van der Waals surface area contributed by atoms with E-state index in [9.17, 15) is 39.9 Å². The van der Waals surface area contributed by atoms with Crippen molar-refractivity contribution in [2.75, 3.05) is 0 Å². The van der Waals surface area contributed by atoms with E-state index in [1.165, 1.54) is 6.92 Å². The second-order valence-electron chi connectivity index (χ2n) is 5.60. The highest BCUT2D eigenvalue weighted by atomic mass is 16.6. The van der Waals surface area contributed by atoms with E-state index in [1.807, 2.05) is 4.98 Å². The Labute approximate surface area is 157 Å². The number of nitrogens with zero attached hydrogens (tertiary/aromatic N) is 6. The molecule has 1 aromatic carbocycles. The summed E-state index contributed by atoms with van der Waals surface area (Å²) < 4.78 is 1.73. The van der Waals surface area contributed by atoms with Gasteiger partial charge in [-0.2, -0.15) is 0 Å². The van der Waals surface area contributed by atoms with Crippen molar-refractivity contribution >= 4 is 17.2 Å². The number of H-pyrrole nitrogens is 1. The van der Waals surface area contributed by atoms with E-state index < -0.39 is 43.2 Å². The molecular formula is C14H9N7O8. The number of nitro groups is 3. The lowest BCUT2D eigenvalue weighted by Gasteiger charge is -2.08. The van der Waals surface area contributed by atoms with Gasteiger partial charge in [-0.15, -0.1) is 0 Å². The van der Waals surface area contributed by atoms with Crippen LogP contribution in [0.3, 0.4) is 0 Å². The number of non-ortho nitro benzene ring substituents is 1. The van der Waals surface area contributed by atoms with Gasteiger partial charge in [-0.25, -0.2) is 4.79 Å². The smallest absolute Gasteiger partial charge is 0.358 e. The maximum absolute atomic E-state index is 12.2. The fourth-order valence-corrected chi connectivity index (χ4v) is 2.58. The minimum absolute atomic E-state index is 0.0469. The molecule has 3 aromatic rings. The molecule has 0 amide bonds. The Hall–Kier alpha value is -4.69. The molecule has 15 nitrogen and oxygen atoms in total. The fourth-order valence-electron chi connectivity index (χ4n) is 2.58. The molecule has 0 saturated carbocycles. The number of aromatic nitrogens is 4. The second-order valence-corrected chi connectivity index (χ2v) is 5.60. The van der Waals surface area contributed by atoms with Gasteiger partial charge in [0.2, 0.25) is 5.82 Å². The number of hydrogen-bond donors (Lipinski definition) is 1. The molecule has 0 aliphatic heterocycles. The number of rotatable bonds is 5. The van der Waals surface area contributed by atoms with Crippen LogP contribution < -0.4 is 11.2 Å². The van der Waals surface area contributed by atoms with E-state index in [2.05, 4.69) is 4.98 Å². The highest BCUT2D eigenvalue weighted by Crippen LogP contribution is 2.27. The van der Waals surface area contributed by atoms with Gasteiger partial charge in [0.15, 0.2) is 0 Å². The summed E-state index contributed by atoms with van der Waals surface area (Å²) in [5, 5.41) is 33.1. The lowest BCUT2D eigenvalue weighted by atomic mass is 10.2. The largest absolute Gasteiger partial charge is 0.382 e. The van der Waals surface area contributed by atoms with Gasteiger partial charge in [0.25, 0.3) is 16.9 Å². The molecule has 0 bridgehead atoms. The first-order valence-electron chi connectivity index (χ1n) is 7.60. The number of aromatic amines is 1. The van der Waals surface area contributed by atoms with Crippen molar-refractivity contribution in [1.29, 1.82) is 0 Å². The summed E-state index contributed by atoms with van der Waals surface area (Å²) in [6, 6.07) is 2.59. The van der Waals surface area contributed by atoms with Gasteiger partial charge < -0.3 is 10.1 Å². The third-order valence-electron chi connectivity index (χ3n) is 3.87. The van der Waals surface area contributed by atoms with Crippen molar-refractivity contribution in [3.8, 4) is 11.4 Å². The minimum atomic E-state index is -1.05. The van der Waals surface area contributed by atoms with E-state index in [4.69, 9.17) is 0 Å². The monoisotopic (exact) mass is 403 g/mol. The molecule has 0 spiro atoms. The molecule has 0 saturated heterocycles. The zero-order valence-electron chi connectivity index (χ0n) is 14.3. The molecule has 0 atom stereocenters. The van der Waals surface area contributed by atoms with Gasteiger partial charge in [-0.3, -0.25) is 39.1 Å². The SMILES string of the molecule is Cc1nc([N+](=O)[O-])cn1-c1cn(-c2ccc([N+](=O)[O-])cc2[N+](=O)[O-])c(=O)[nH]c1=O. The second kappa shape index (κ2) is 6.80. The van der Waals surface area contributed by atoms with Gasteiger partial charge >= 0.3 is 11.5 Å². The Balaban J connectivity index is 2.28. The first kappa shape index (κ1) is 19.1. The summed E-state index contributed by atoms with van der Waals surface area (Å²) in [6.07, 6.45) is 1.87. The standard InChI is InChI=1S/C14H9N7O8/c1-7-15-12(21(28)29)6-17(7)11-5-18(14(23)16-13(11)22)9-3-2-8(19(24)25)4-10(9)20(26)27/h2-6H,1H3,(H,16,22,23). The molecule has 148 valence electrons. The first-order valence-corrected chi connectivity index (χ1v) is 7.60. The maximum Gasteiger partial charge on any atom is 0.382 e. The normalized spacial score (nSPS) is 10.7. The molecule has 15 heteroatoms. The topological polar surface area (TPSA) is 202 Å². The van der Waals surface area contributed by atoms with Crippen molar-refractivity contribution < 1.29 is 14.8 Å². The van der Waals surface area contributed by atoms with Gasteiger partial charge in [0, 0.05) is 19.2 Å². The highest BCUT2D eigenvalue weighted by molar-refractivity contribution is 5.58. The number of aryl methyl sites for hydroxylation is 1. The third-order valence-corrected chi connectivity index (χ3v) is 3.87. The van der Waals surface area contributed by atoms with E-state index >= 15 is 0 Å². The number of benzene rings is 1.